The van der Waals surface area contributed by atoms with Gasteiger partial charge in [0, 0.05) is 10.3 Å². The van der Waals surface area contributed by atoms with Crippen LogP contribution in [-0.2, 0) is 10.0 Å². The minimum Gasteiger partial charge on any atom is -0.253 e. The van der Waals surface area contributed by atoms with Gasteiger partial charge in [-0.2, -0.15) is 0 Å². The van der Waals surface area contributed by atoms with Crippen LogP contribution in [0.15, 0.2) is 27.4 Å². The maximum absolute atomic E-state index is 12.3. The predicted octanol–water partition coefficient (Wildman–Crippen LogP) is 4.15. The number of hydrogen-bond acceptors (Lipinski definition) is 6. The Kier molecular flexibility index (Phi) is 5.37. The lowest BCUT2D eigenvalue weighted by atomic mass is 10.4. The number of benzene rings is 1. The Morgan fingerprint density at radius 1 is 1.29 bits per heavy atom. The van der Waals surface area contributed by atoms with E-state index >= 15 is 0 Å². The molecular weight excluding hydrogens is 373 g/mol. The number of nitrogens with zero attached hydrogens (tertiary/aromatic N) is 2. The van der Waals surface area contributed by atoms with E-state index in [0.717, 1.165) is 0 Å². The molecule has 1 aromatic heterocycles. The highest BCUT2D eigenvalue weighted by atomic mass is 35.5. The van der Waals surface area contributed by atoms with Gasteiger partial charge in [0.2, 0.25) is 5.13 Å². The highest BCUT2D eigenvalue weighted by Crippen LogP contribution is 2.31. The van der Waals surface area contributed by atoms with Crippen molar-refractivity contribution in [2.75, 3.05) is 4.72 Å². The summed E-state index contributed by atoms with van der Waals surface area (Å²) in [5, 5.41) is 8.64. The smallest absolute Gasteiger partial charge is 0.253 e. The van der Waals surface area contributed by atoms with Gasteiger partial charge in [0.15, 0.2) is 4.34 Å². The fraction of sp³-hybridized carbons (Fsp3) is 0.273. The molecule has 0 radical (unpaired) electrons. The lowest BCUT2D eigenvalue weighted by Gasteiger charge is -2.06. The van der Waals surface area contributed by atoms with Crippen molar-refractivity contribution < 1.29 is 8.42 Å². The van der Waals surface area contributed by atoms with Crippen molar-refractivity contribution in [3.05, 3.63) is 28.2 Å². The van der Waals surface area contributed by atoms with E-state index in [1.165, 1.54) is 41.3 Å². The molecule has 0 aliphatic rings. The summed E-state index contributed by atoms with van der Waals surface area (Å²) in [6.07, 6.45) is 0. The van der Waals surface area contributed by atoms with Gasteiger partial charge in [0.05, 0.1) is 5.02 Å². The average Bonchev–Trinajstić information content (AvgIpc) is 2.77. The Morgan fingerprint density at radius 3 is 2.67 bits per heavy atom. The van der Waals surface area contributed by atoms with Gasteiger partial charge in [-0.25, -0.2) is 8.42 Å². The molecule has 0 saturated carbocycles. The summed E-state index contributed by atoms with van der Waals surface area (Å²) in [6, 6.07) is 4.24. The second kappa shape index (κ2) is 6.70. The number of halogens is 2. The van der Waals surface area contributed by atoms with Crippen LogP contribution in [0.3, 0.4) is 0 Å². The first-order valence-electron chi connectivity index (χ1n) is 5.76. The van der Waals surface area contributed by atoms with Crippen molar-refractivity contribution in [1.82, 2.24) is 10.2 Å². The molecule has 21 heavy (non-hydrogen) atoms. The van der Waals surface area contributed by atoms with Crippen molar-refractivity contribution in [1.29, 1.82) is 0 Å². The van der Waals surface area contributed by atoms with E-state index in [-0.39, 0.29) is 20.1 Å². The summed E-state index contributed by atoms with van der Waals surface area (Å²) in [5.74, 6) is 0. The van der Waals surface area contributed by atoms with Crippen molar-refractivity contribution in [3.63, 3.8) is 0 Å². The average molecular weight is 384 g/mol. The maximum Gasteiger partial charge on any atom is 0.265 e. The standard InChI is InChI=1S/C11H11Cl2N3O2S3/c1-6(2)19-11-15-14-10(20-11)16-21(17,18)9-5-7(12)3-4-8(9)13/h3-6H,1-2H3,(H,14,16). The van der Waals surface area contributed by atoms with Gasteiger partial charge < -0.3 is 0 Å². The molecule has 1 heterocycles. The molecule has 0 spiro atoms. The first-order valence-corrected chi connectivity index (χ1v) is 9.69. The van der Waals surface area contributed by atoms with Crippen LogP contribution < -0.4 is 4.72 Å². The summed E-state index contributed by atoms with van der Waals surface area (Å²) >= 11 is 14.4. The van der Waals surface area contributed by atoms with E-state index in [4.69, 9.17) is 23.2 Å². The number of aromatic nitrogens is 2. The van der Waals surface area contributed by atoms with Crippen LogP contribution in [0.1, 0.15) is 13.8 Å². The summed E-state index contributed by atoms with van der Waals surface area (Å²) < 4.78 is 27.6. The highest BCUT2D eigenvalue weighted by molar-refractivity contribution is 8.01. The molecule has 1 aromatic carbocycles. The fourth-order valence-electron chi connectivity index (χ4n) is 1.35. The predicted molar refractivity (Wildman–Crippen MR) is 88.2 cm³/mol. The van der Waals surface area contributed by atoms with E-state index in [1.807, 2.05) is 13.8 Å². The molecule has 1 N–H and O–H groups in total. The number of rotatable bonds is 5. The molecule has 5 nitrogen and oxygen atoms in total. The first-order chi connectivity index (χ1) is 9.78. The third-order valence-electron chi connectivity index (χ3n) is 2.15. The van der Waals surface area contributed by atoms with Crippen LogP contribution in [0.5, 0.6) is 0 Å². The summed E-state index contributed by atoms with van der Waals surface area (Å²) in [5.41, 5.74) is 0. The van der Waals surface area contributed by atoms with Gasteiger partial charge in [-0.1, -0.05) is 60.1 Å². The van der Waals surface area contributed by atoms with Crippen LogP contribution in [0.25, 0.3) is 0 Å². The van der Waals surface area contributed by atoms with Gasteiger partial charge >= 0.3 is 0 Å². The number of hydrogen-bond donors (Lipinski definition) is 1. The number of anilines is 1. The molecule has 0 saturated heterocycles. The number of thioether (sulfide) groups is 1. The zero-order valence-electron chi connectivity index (χ0n) is 11.0. The van der Waals surface area contributed by atoms with E-state index in [1.54, 1.807) is 0 Å². The Labute approximate surface area is 141 Å². The van der Waals surface area contributed by atoms with Crippen molar-refractivity contribution in [2.45, 2.75) is 28.3 Å². The monoisotopic (exact) mass is 383 g/mol. The van der Waals surface area contributed by atoms with Crippen LogP contribution in [0.2, 0.25) is 10.0 Å². The fourth-order valence-corrected chi connectivity index (χ4v) is 5.32. The Balaban J connectivity index is 2.25. The summed E-state index contributed by atoms with van der Waals surface area (Å²) in [4.78, 5) is -0.0927. The molecular formula is C11H11Cl2N3O2S3. The largest absolute Gasteiger partial charge is 0.265 e. The molecule has 0 bridgehead atoms. The number of sulfonamides is 1. The minimum atomic E-state index is -3.85. The van der Waals surface area contributed by atoms with Gasteiger partial charge in [-0.15, -0.1) is 10.2 Å². The minimum absolute atomic E-state index is 0.0909. The molecule has 10 heteroatoms. The lowest BCUT2D eigenvalue weighted by molar-refractivity contribution is 0.601. The summed E-state index contributed by atoms with van der Waals surface area (Å²) in [7, 11) is -3.85. The number of nitrogens with one attached hydrogen (secondary N) is 1. The van der Waals surface area contributed by atoms with Gasteiger partial charge in [-0.3, -0.25) is 4.72 Å². The normalized spacial score (nSPS) is 11.9. The van der Waals surface area contributed by atoms with Gasteiger partial charge in [-0.05, 0) is 18.2 Å². The third kappa shape index (κ3) is 4.46. The van der Waals surface area contributed by atoms with Crippen LogP contribution in [-0.4, -0.2) is 23.9 Å². The van der Waals surface area contributed by atoms with Crippen LogP contribution >= 0.6 is 46.3 Å². The van der Waals surface area contributed by atoms with Gasteiger partial charge in [0.1, 0.15) is 4.90 Å². The second-order valence-electron chi connectivity index (χ2n) is 4.22. The van der Waals surface area contributed by atoms with Crippen molar-refractivity contribution in [2.24, 2.45) is 0 Å². The molecule has 0 aliphatic carbocycles. The second-order valence-corrected chi connectivity index (χ2v) is 9.52. The van der Waals surface area contributed by atoms with Crippen LogP contribution in [0, 0.1) is 0 Å². The van der Waals surface area contributed by atoms with Crippen molar-refractivity contribution >= 4 is 61.5 Å². The topological polar surface area (TPSA) is 72.0 Å². The maximum atomic E-state index is 12.3. The van der Waals surface area contributed by atoms with E-state index in [0.29, 0.717) is 9.59 Å². The van der Waals surface area contributed by atoms with Gasteiger partial charge in [0.25, 0.3) is 10.0 Å². The van der Waals surface area contributed by atoms with E-state index in [9.17, 15) is 8.42 Å². The van der Waals surface area contributed by atoms with Crippen molar-refractivity contribution in [3.8, 4) is 0 Å². The first kappa shape index (κ1) is 16.8. The highest BCUT2D eigenvalue weighted by Gasteiger charge is 2.20. The molecule has 2 rings (SSSR count). The van der Waals surface area contributed by atoms with E-state index < -0.39 is 10.0 Å². The van der Waals surface area contributed by atoms with E-state index in [2.05, 4.69) is 14.9 Å². The molecule has 0 amide bonds. The summed E-state index contributed by atoms with van der Waals surface area (Å²) in [6.45, 7) is 4.03. The lowest BCUT2D eigenvalue weighted by Crippen LogP contribution is -2.13. The molecule has 2 aromatic rings. The zero-order valence-corrected chi connectivity index (χ0v) is 15.0. The zero-order chi connectivity index (χ0) is 15.6. The third-order valence-corrected chi connectivity index (χ3v) is 6.26. The quantitative estimate of drug-likeness (QED) is 0.785. The molecule has 114 valence electrons. The molecule has 0 aliphatic heterocycles. The molecule has 0 unspecified atom stereocenters. The Hall–Kier alpha value is -0.540. The Bertz CT molecular complexity index is 747. The van der Waals surface area contributed by atoms with Crippen LogP contribution in [0.4, 0.5) is 5.13 Å². The SMILES string of the molecule is CC(C)Sc1nnc(NS(=O)(=O)c2cc(Cl)ccc2Cl)s1. The molecule has 0 atom stereocenters. The molecule has 0 fully saturated rings. The Morgan fingerprint density at radius 2 is 2.00 bits per heavy atom.